The maximum absolute atomic E-state index is 12.0. The molecule has 120 valence electrons. The van der Waals surface area contributed by atoms with Gasteiger partial charge >= 0.3 is 12.0 Å². The zero-order valence-corrected chi connectivity index (χ0v) is 13.5. The first kappa shape index (κ1) is 16.5. The number of aryl methyl sites for hydroxylation is 1. The van der Waals surface area contributed by atoms with Crippen LogP contribution in [0, 0.1) is 5.92 Å². The smallest absolute Gasteiger partial charge is 0.348 e. The van der Waals surface area contributed by atoms with E-state index in [1.54, 1.807) is 0 Å². The van der Waals surface area contributed by atoms with Crippen LogP contribution in [0.5, 0.6) is 0 Å². The second-order valence-corrected chi connectivity index (χ2v) is 6.42. The molecule has 1 aromatic heterocycles. The molecule has 6 nitrogen and oxygen atoms in total. The van der Waals surface area contributed by atoms with E-state index >= 15 is 0 Å². The molecule has 22 heavy (non-hydrogen) atoms. The molecular formula is C15H20N2O4S. The van der Waals surface area contributed by atoms with Gasteiger partial charge in [-0.05, 0) is 36.8 Å². The van der Waals surface area contributed by atoms with Crippen LogP contribution in [-0.2, 0) is 22.4 Å². The Balaban J connectivity index is 1.90. The van der Waals surface area contributed by atoms with E-state index in [1.165, 1.54) is 28.8 Å². The normalized spacial score (nSPS) is 16.5. The molecule has 3 amide bonds. The topological polar surface area (TPSA) is 84.5 Å². The Hall–Kier alpha value is -1.89. The second kappa shape index (κ2) is 7.40. The number of urea groups is 1. The van der Waals surface area contributed by atoms with E-state index in [-0.39, 0.29) is 0 Å². The number of amides is 3. The van der Waals surface area contributed by atoms with Crippen molar-refractivity contribution in [2.24, 2.45) is 5.92 Å². The highest BCUT2D eigenvalue weighted by Gasteiger charge is 2.23. The van der Waals surface area contributed by atoms with Crippen molar-refractivity contribution in [3.05, 3.63) is 21.4 Å². The summed E-state index contributed by atoms with van der Waals surface area (Å²) in [5.74, 6) is -0.483. The standard InChI is InChI=1S/C15H20N2O4S/c1-3-9-4-5-11-10(6-9)7-12(22-11)14(19)21-8-13(18)17-15(20)16-2/h7,9H,3-6,8H2,1-2H3,(H2,16,17,18,20). The molecule has 0 bridgehead atoms. The summed E-state index contributed by atoms with van der Waals surface area (Å²) in [6.07, 6.45) is 4.32. The van der Waals surface area contributed by atoms with Crippen molar-refractivity contribution >= 4 is 29.2 Å². The Kier molecular flexibility index (Phi) is 5.54. The van der Waals surface area contributed by atoms with Crippen LogP contribution in [0.25, 0.3) is 0 Å². The van der Waals surface area contributed by atoms with Crippen LogP contribution in [0.4, 0.5) is 4.79 Å². The molecule has 0 saturated carbocycles. The van der Waals surface area contributed by atoms with Gasteiger partial charge in [0.1, 0.15) is 4.88 Å². The van der Waals surface area contributed by atoms with Gasteiger partial charge in [0, 0.05) is 11.9 Å². The summed E-state index contributed by atoms with van der Waals surface area (Å²) >= 11 is 1.44. The fourth-order valence-electron chi connectivity index (χ4n) is 2.48. The Labute approximate surface area is 133 Å². The van der Waals surface area contributed by atoms with E-state index in [1.807, 2.05) is 11.4 Å². The lowest BCUT2D eigenvalue weighted by Gasteiger charge is -2.19. The lowest BCUT2D eigenvalue weighted by Crippen LogP contribution is -2.39. The van der Waals surface area contributed by atoms with Crippen LogP contribution in [0.15, 0.2) is 6.07 Å². The SMILES string of the molecule is CCC1CCc2sc(C(=O)OCC(=O)NC(=O)NC)cc2C1. The van der Waals surface area contributed by atoms with Crippen molar-refractivity contribution in [3.63, 3.8) is 0 Å². The molecule has 1 aromatic rings. The summed E-state index contributed by atoms with van der Waals surface area (Å²) in [7, 11) is 1.40. The molecule has 0 saturated heterocycles. The highest BCUT2D eigenvalue weighted by molar-refractivity contribution is 7.14. The highest BCUT2D eigenvalue weighted by atomic mass is 32.1. The van der Waals surface area contributed by atoms with Gasteiger partial charge in [-0.2, -0.15) is 0 Å². The number of carbonyl (C=O) groups excluding carboxylic acids is 3. The lowest BCUT2D eigenvalue weighted by atomic mass is 9.87. The molecule has 7 heteroatoms. The number of thiophene rings is 1. The van der Waals surface area contributed by atoms with Gasteiger partial charge in [0.25, 0.3) is 5.91 Å². The van der Waals surface area contributed by atoms with E-state index in [4.69, 9.17) is 4.74 Å². The molecule has 1 heterocycles. The highest BCUT2D eigenvalue weighted by Crippen LogP contribution is 2.33. The van der Waals surface area contributed by atoms with Gasteiger partial charge < -0.3 is 10.1 Å². The fraction of sp³-hybridized carbons (Fsp3) is 0.533. The molecule has 0 radical (unpaired) electrons. The first-order chi connectivity index (χ1) is 10.5. The molecule has 1 atom stereocenters. The van der Waals surface area contributed by atoms with Gasteiger partial charge in [0.15, 0.2) is 6.61 Å². The summed E-state index contributed by atoms with van der Waals surface area (Å²) in [5.41, 5.74) is 1.23. The van der Waals surface area contributed by atoms with Gasteiger partial charge in [-0.1, -0.05) is 13.3 Å². The third-order valence-electron chi connectivity index (χ3n) is 3.78. The maximum Gasteiger partial charge on any atom is 0.348 e. The van der Waals surface area contributed by atoms with Crippen LogP contribution >= 0.6 is 11.3 Å². The van der Waals surface area contributed by atoms with Crippen LogP contribution in [0.1, 0.15) is 39.9 Å². The number of ether oxygens (including phenoxy) is 1. The number of fused-ring (bicyclic) bond motifs is 1. The van der Waals surface area contributed by atoms with Crippen molar-refractivity contribution in [2.75, 3.05) is 13.7 Å². The Bertz CT molecular complexity index is 582. The van der Waals surface area contributed by atoms with Gasteiger partial charge in [0.2, 0.25) is 0 Å². The average Bonchev–Trinajstić information content (AvgIpc) is 2.95. The maximum atomic E-state index is 12.0. The molecule has 0 aromatic carbocycles. The minimum absolute atomic E-state index is 0.466. The molecule has 0 spiro atoms. The monoisotopic (exact) mass is 324 g/mol. The number of imide groups is 1. The van der Waals surface area contributed by atoms with Crippen LogP contribution in [0.3, 0.4) is 0 Å². The molecule has 1 aliphatic carbocycles. The third-order valence-corrected chi connectivity index (χ3v) is 4.99. The van der Waals surface area contributed by atoms with Gasteiger partial charge in [-0.3, -0.25) is 10.1 Å². The van der Waals surface area contributed by atoms with E-state index in [0.717, 1.165) is 25.7 Å². The van der Waals surface area contributed by atoms with Gasteiger partial charge in [0.05, 0.1) is 0 Å². The number of rotatable bonds is 4. The molecule has 1 aliphatic rings. The number of hydrogen-bond donors (Lipinski definition) is 2. The predicted octanol–water partition coefficient (Wildman–Crippen LogP) is 1.88. The fourth-order valence-corrected chi connectivity index (χ4v) is 3.58. The van der Waals surface area contributed by atoms with E-state index < -0.39 is 24.5 Å². The van der Waals surface area contributed by atoms with Crippen molar-refractivity contribution in [3.8, 4) is 0 Å². The van der Waals surface area contributed by atoms with Crippen molar-refractivity contribution < 1.29 is 19.1 Å². The lowest BCUT2D eigenvalue weighted by molar-refractivity contribution is -0.123. The Morgan fingerprint density at radius 2 is 2.18 bits per heavy atom. The minimum atomic E-state index is -0.653. The Morgan fingerprint density at radius 1 is 1.41 bits per heavy atom. The minimum Gasteiger partial charge on any atom is -0.451 e. The average molecular weight is 324 g/mol. The quantitative estimate of drug-likeness (QED) is 0.828. The summed E-state index contributed by atoms with van der Waals surface area (Å²) in [6, 6.07) is 1.25. The summed E-state index contributed by atoms with van der Waals surface area (Å²) in [6.45, 7) is 1.72. The number of carbonyl (C=O) groups is 3. The summed E-state index contributed by atoms with van der Waals surface area (Å²) in [5, 5.41) is 4.28. The Morgan fingerprint density at radius 3 is 2.86 bits per heavy atom. The van der Waals surface area contributed by atoms with Crippen molar-refractivity contribution in [2.45, 2.75) is 32.6 Å². The number of nitrogens with one attached hydrogen (secondary N) is 2. The third kappa shape index (κ3) is 4.07. The predicted molar refractivity (Wildman–Crippen MR) is 83.0 cm³/mol. The van der Waals surface area contributed by atoms with Crippen LogP contribution in [-0.4, -0.2) is 31.6 Å². The van der Waals surface area contributed by atoms with E-state index in [0.29, 0.717) is 10.8 Å². The van der Waals surface area contributed by atoms with Gasteiger partial charge in [-0.25, -0.2) is 9.59 Å². The zero-order valence-electron chi connectivity index (χ0n) is 12.7. The molecule has 2 N–H and O–H groups in total. The number of esters is 1. The van der Waals surface area contributed by atoms with Crippen LogP contribution in [0.2, 0.25) is 0 Å². The molecular weight excluding hydrogens is 304 g/mol. The first-order valence-electron chi connectivity index (χ1n) is 7.33. The molecule has 1 unspecified atom stereocenters. The largest absolute Gasteiger partial charge is 0.451 e. The van der Waals surface area contributed by atoms with Crippen molar-refractivity contribution in [1.29, 1.82) is 0 Å². The second-order valence-electron chi connectivity index (χ2n) is 5.28. The zero-order chi connectivity index (χ0) is 16.1. The van der Waals surface area contributed by atoms with E-state index in [2.05, 4.69) is 12.2 Å². The molecule has 0 fully saturated rings. The molecule has 0 aliphatic heterocycles. The first-order valence-corrected chi connectivity index (χ1v) is 8.15. The van der Waals surface area contributed by atoms with Crippen molar-refractivity contribution in [1.82, 2.24) is 10.6 Å². The summed E-state index contributed by atoms with van der Waals surface area (Å²) < 4.78 is 4.95. The molecule has 2 rings (SSSR count). The van der Waals surface area contributed by atoms with Crippen LogP contribution < -0.4 is 10.6 Å². The van der Waals surface area contributed by atoms with Gasteiger partial charge in [-0.15, -0.1) is 11.3 Å². The number of hydrogen-bond acceptors (Lipinski definition) is 5. The summed E-state index contributed by atoms with van der Waals surface area (Å²) in [4.78, 5) is 36.1. The van der Waals surface area contributed by atoms with E-state index in [9.17, 15) is 14.4 Å².